The number of hydrogen-bond acceptors (Lipinski definition) is 5. The van der Waals surface area contributed by atoms with E-state index in [0.717, 1.165) is 29.9 Å². The van der Waals surface area contributed by atoms with Gasteiger partial charge in [0.2, 0.25) is 0 Å². The molecule has 3 N–H and O–H groups in total. The molecule has 5 nitrogen and oxygen atoms in total. The van der Waals surface area contributed by atoms with Gasteiger partial charge in [-0.3, -0.25) is 0 Å². The summed E-state index contributed by atoms with van der Waals surface area (Å²) in [7, 11) is 1.45. The molecule has 0 bridgehead atoms. The fourth-order valence-electron chi connectivity index (χ4n) is 2.61. The maximum Gasteiger partial charge on any atom is 0.165 e. The second-order valence-corrected chi connectivity index (χ2v) is 5.58. The Labute approximate surface area is 153 Å². The average molecular weight is 375 g/mol. The number of halogens is 3. The number of nitrogens with zero attached hydrogens (tertiary/aromatic N) is 2. The van der Waals surface area contributed by atoms with Gasteiger partial charge in [0.05, 0.1) is 7.11 Å². The number of benzene rings is 1. The largest absolute Gasteiger partial charge is 0.494 e. The minimum Gasteiger partial charge on any atom is -0.494 e. The third-order valence-electron chi connectivity index (χ3n) is 3.97. The van der Waals surface area contributed by atoms with Crippen molar-refractivity contribution in [3.8, 4) is 5.75 Å². The highest BCUT2D eigenvalue weighted by Crippen LogP contribution is 2.34. The number of anilines is 1. The Bertz CT molecular complexity index is 668. The molecule has 132 valence electrons. The van der Waals surface area contributed by atoms with E-state index in [4.69, 9.17) is 10.5 Å². The standard InChI is InChI=1S/C16H19FN4O.2ClH/c1-22-15-3-2-10(4-13(15)17)8-19-16-7-14(20-9-21-16)11-5-12(18)6-11;;/h2-4,7,9,11-12H,5-6,8,18H2,1H3,(H,19,20,21);2*1H. The SMILES string of the molecule is COc1ccc(CNc2cc(C3CC(N)C3)ncn2)cc1F.Cl.Cl. The second kappa shape index (κ2) is 9.01. The van der Waals surface area contributed by atoms with Gasteiger partial charge in [-0.2, -0.15) is 0 Å². The Balaban J connectivity index is 0.00000144. The molecule has 0 amide bonds. The third kappa shape index (κ3) is 4.69. The van der Waals surface area contributed by atoms with Crippen molar-refractivity contribution in [2.75, 3.05) is 12.4 Å². The molecule has 1 saturated carbocycles. The van der Waals surface area contributed by atoms with Crippen LogP contribution in [0.3, 0.4) is 0 Å². The topological polar surface area (TPSA) is 73.1 Å². The highest BCUT2D eigenvalue weighted by atomic mass is 35.5. The fourth-order valence-corrected chi connectivity index (χ4v) is 2.61. The fraction of sp³-hybridized carbons (Fsp3) is 0.375. The predicted molar refractivity (Wildman–Crippen MR) is 96.8 cm³/mol. The van der Waals surface area contributed by atoms with Crippen LogP contribution in [0.2, 0.25) is 0 Å². The van der Waals surface area contributed by atoms with Crippen LogP contribution in [-0.2, 0) is 6.54 Å². The Morgan fingerprint density at radius 1 is 1.25 bits per heavy atom. The van der Waals surface area contributed by atoms with E-state index < -0.39 is 0 Å². The quantitative estimate of drug-likeness (QED) is 0.839. The number of nitrogens with one attached hydrogen (secondary N) is 1. The first-order valence-electron chi connectivity index (χ1n) is 7.29. The lowest BCUT2D eigenvalue weighted by Gasteiger charge is -2.31. The lowest BCUT2D eigenvalue weighted by molar-refractivity contribution is 0.345. The van der Waals surface area contributed by atoms with Crippen molar-refractivity contribution in [2.45, 2.75) is 31.3 Å². The number of nitrogens with two attached hydrogens (primary N) is 1. The van der Waals surface area contributed by atoms with Crippen molar-refractivity contribution in [3.05, 3.63) is 47.7 Å². The zero-order valence-corrected chi connectivity index (χ0v) is 14.9. The molecule has 1 aromatic carbocycles. The first-order valence-corrected chi connectivity index (χ1v) is 7.29. The van der Waals surface area contributed by atoms with Crippen LogP contribution in [0.15, 0.2) is 30.6 Å². The summed E-state index contributed by atoms with van der Waals surface area (Å²) in [6, 6.07) is 7.13. The van der Waals surface area contributed by atoms with E-state index >= 15 is 0 Å². The molecule has 0 saturated heterocycles. The molecule has 1 aliphatic carbocycles. The van der Waals surface area contributed by atoms with Crippen LogP contribution in [0.1, 0.15) is 30.0 Å². The van der Waals surface area contributed by atoms with Crippen molar-refractivity contribution in [2.24, 2.45) is 5.73 Å². The molecule has 1 aliphatic rings. The van der Waals surface area contributed by atoms with Gasteiger partial charge in [0, 0.05) is 30.3 Å². The Kier molecular flexibility index (Phi) is 7.66. The monoisotopic (exact) mass is 374 g/mol. The summed E-state index contributed by atoms with van der Waals surface area (Å²) in [6.45, 7) is 0.488. The molecular formula is C16H21Cl2FN4O. The predicted octanol–water partition coefficient (Wildman–Crippen LogP) is 3.28. The Hall–Kier alpha value is -1.63. The van der Waals surface area contributed by atoms with Gasteiger partial charge in [-0.15, -0.1) is 24.8 Å². The van der Waals surface area contributed by atoms with Crippen LogP contribution in [0.5, 0.6) is 5.75 Å². The summed E-state index contributed by atoms with van der Waals surface area (Å²) in [5, 5.41) is 3.19. The summed E-state index contributed by atoms with van der Waals surface area (Å²) in [4.78, 5) is 8.50. The van der Waals surface area contributed by atoms with Gasteiger partial charge in [-0.05, 0) is 30.5 Å². The molecule has 3 rings (SSSR count). The first kappa shape index (κ1) is 20.4. The van der Waals surface area contributed by atoms with E-state index in [1.165, 1.54) is 13.2 Å². The molecule has 24 heavy (non-hydrogen) atoms. The zero-order chi connectivity index (χ0) is 15.5. The second-order valence-electron chi connectivity index (χ2n) is 5.58. The summed E-state index contributed by atoms with van der Waals surface area (Å²) < 4.78 is 18.6. The number of aromatic nitrogens is 2. The van der Waals surface area contributed by atoms with E-state index in [2.05, 4.69) is 15.3 Å². The van der Waals surface area contributed by atoms with Crippen molar-refractivity contribution in [1.82, 2.24) is 9.97 Å². The smallest absolute Gasteiger partial charge is 0.165 e. The number of hydrogen-bond donors (Lipinski definition) is 2. The van der Waals surface area contributed by atoms with Gasteiger partial charge in [0.25, 0.3) is 0 Å². The molecule has 0 atom stereocenters. The number of rotatable bonds is 5. The molecule has 8 heteroatoms. The number of ether oxygens (including phenoxy) is 1. The lowest BCUT2D eigenvalue weighted by atomic mass is 9.79. The molecule has 2 aromatic rings. The maximum atomic E-state index is 13.6. The molecule has 0 spiro atoms. The van der Waals surface area contributed by atoms with Crippen LogP contribution in [-0.4, -0.2) is 23.1 Å². The van der Waals surface area contributed by atoms with Crippen LogP contribution >= 0.6 is 24.8 Å². The molecule has 0 unspecified atom stereocenters. The van der Waals surface area contributed by atoms with Crippen molar-refractivity contribution < 1.29 is 9.13 Å². The van der Waals surface area contributed by atoms with Gasteiger partial charge in [-0.25, -0.2) is 14.4 Å². The van der Waals surface area contributed by atoms with E-state index in [9.17, 15) is 4.39 Å². The van der Waals surface area contributed by atoms with Crippen molar-refractivity contribution in [1.29, 1.82) is 0 Å². The molecule has 0 radical (unpaired) electrons. The Morgan fingerprint density at radius 2 is 2.00 bits per heavy atom. The van der Waals surface area contributed by atoms with Crippen LogP contribution < -0.4 is 15.8 Å². The van der Waals surface area contributed by atoms with Gasteiger partial charge in [0.1, 0.15) is 12.1 Å². The van der Waals surface area contributed by atoms with Crippen LogP contribution in [0.25, 0.3) is 0 Å². The zero-order valence-electron chi connectivity index (χ0n) is 13.2. The van der Waals surface area contributed by atoms with Gasteiger partial charge in [-0.1, -0.05) is 6.07 Å². The average Bonchev–Trinajstić information content (AvgIpc) is 2.50. The van der Waals surface area contributed by atoms with Crippen LogP contribution in [0, 0.1) is 5.82 Å². The van der Waals surface area contributed by atoms with E-state index in [0.29, 0.717) is 18.5 Å². The molecule has 0 aliphatic heterocycles. The number of methoxy groups -OCH3 is 1. The van der Waals surface area contributed by atoms with E-state index in [-0.39, 0.29) is 36.4 Å². The minimum atomic E-state index is -0.367. The van der Waals surface area contributed by atoms with Gasteiger partial charge in [0.15, 0.2) is 11.6 Å². The van der Waals surface area contributed by atoms with Gasteiger partial charge >= 0.3 is 0 Å². The summed E-state index contributed by atoms with van der Waals surface area (Å²) in [6.07, 6.45) is 3.50. The summed E-state index contributed by atoms with van der Waals surface area (Å²) in [5.41, 5.74) is 7.65. The summed E-state index contributed by atoms with van der Waals surface area (Å²) >= 11 is 0. The summed E-state index contributed by atoms with van der Waals surface area (Å²) in [5.74, 6) is 1.04. The maximum absolute atomic E-state index is 13.6. The molecule has 1 heterocycles. The normalized spacial score (nSPS) is 18.6. The van der Waals surface area contributed by atoms with E-state index in [1.54, 1.807) is 12.4 Å². The molecule has 1 aromatic heterocycles. The highest BCUT2D eigenvalue weighted by Gasteiger charge is 2.28. The molecule has 1 fully saturated rings. The van der Waals surface area contributed by atoms with Crippen molar-refractivity contribution in [3.63, 3.8) is 0 Å². The molecular weight excluding hydrogens is 354 g/mol. The lowest BCUT2D eigenvalue weighted by Crippen LogP contribution is -2.35. The minimum absolute atomic E-state index is 0. The van der Waals surface area contributed by atoms with E-state index in [1.807, 2.05) is 12.1 Å². The third-order valence-corrected chi connectivity index (χ3v) is 3.97. The Morgan fingerprint density at radius 3 is 2.62 bits per heavy atom. The first-order chi connectivity index (χ1) is 10.7. The highest BCUT2D eigenvalue weighted by molar-refractivity contribution is 5.85. The van der Waals surface area contributed by atoms with Gasteiger partial charge < -0.3 is 15.8 Å². The van der Waals surface area contributed by atoms with Crippen molar-refractivity contribution >= 4 is 30.6 Å². The van der Waals surface area contributed by atoms with Crippen LogP contribution in [0.4, 0.5) is 10.2 Å².